The van der Waals surface area contributed by atoms with Gasteiger partial charge in [-0.25, -0.2) is 13.4 Å². The second kappa shape index (κ2) is 7.06. The Morgan fingerprint density at radius 2 is 2.09 bits per heavy atom. The molecule has 1 atom stereocenters. The largest absolute Gasteiger partial charge is 0.340 e. The number of aryl methyl sites for hydroxylation is 1. The molecule has 1 unspecified atom stereocenters. The first-order chi connectivity index (χ1) is 10.3. The Balaban J connectivity index is 1.93. The molecule has 0 aliphatic carbocycles. The monoisotopic (exact) mass is 345 g/mol. The lowest BCUT2D eigenvalue weighted by atomic mass is 10.3. The summed E-state index contributed by atoms with van der Waals surface area (Å²) in [5.41, 5.74) is 1.06. The molecule has 0 N–H and O–H groups in total. The van der Waals surface area contributed by atoms with Crippen LogP contribution in [0, 0.1) is 6.92 Å². The summed E-state index contributed by atoms with van der Waals surface area (Å²) in [5, 5.41) is 2.17. The minimum absolute atomic E-state index is 0.283. The van der Waals surface area contributed by atoms with Crippen LogP contribution in [0.15, 0.2) is 5.38 Å². The van der Waals surface area contributed by atoms with E-state index in [4.69, 9.17) is 0 Å². The van der Waals surface area contributed by atoms with Crippen molar-refractivity contribution in [3.63, 3.8) is 0 Å². The van der Waals surface area contributed by atoms with Gasteiger partial charge in [-0.1, -0.05) is 0 Å². The molecule has 6 nitrogen and oxygen atoms in total. The molecule has 8 heteroatoms. The van der Waals surface area contributed by atoms with Crippen molar-refractivity contribution in [3.8, 4) is 0 Å². The zero-order valence-electron chi connectivity index (χ0n) is 13.3. The van der Waals surface area contributed by atoms with Crippen molar-refractivity contribution < 1.29 is 13.2 Å². The van der Waals surface area contributed by atoms with E-state index < -0.39 is 15.1 Å². The van der Waals surface area contributed by atoms with Gasteiger partial charge in [-0.3, -0.25) is 9.69 Å². The number of hydrogen-bond acceptors (Lipinski definition) is 6. The van der Waals surface area contributed by atoms with Gasteiger partial charge in [-0.05, 0) is 20.3 Å². The Hall–Kier alpha value is -0.990. The molecule has 0 bridgehead atoms. The fraction of sp³-hybridized carbons (Fsp3) is 0.714. The number of carbonyl (C=O) groups is 1. The van der Waals surface area contributed by atoms with E-state index in [1.165, 1.54) is 6.92 Å². The van der Waals surface area contributed by atoms with E-state index in [-0.39, 0.29) is 5.91 Å². The summed E-state index contributed by atoms with van der Waals surface area (Å²) in [6.45, 7) is 7.08. The number of amides is 1. The van der Waals surface area contributed by atoms with Crippen LogP contribution < -0.4 is 0 Å². The summed E-state index contributed by atoms with van der Waals surface area (Å²) in [6.07, 6.45) is 1.97. The van der Waals surface area contributed by atoms with Crippen molar-refractivity contribution in [2.75, 3.05) is 32.4 Å². The van der Waals surface area contributed by atoms with E-state index >= 15 is 0 Å². The Kier molecular flexibility index (Phi) is 5.57. The molecule has 22 heavy (non-hydrogen) atoms. The third-order valence-electron chi connectivity index (χ3n) is 3.94. The van der Waals surface area contributed by atoms with Gasteiger partial charge >= 0.3 is 0 Å². The number of hydrogen-bond donors (Lipinski definition) is 0. The zero-order valence-corrected chi connectivity index (χ0v) is 14.9. The summed E-state index contributed by atoms with van der Waals surface area (Å²) in [7, 11) is -3.34. The molecule has 2 heterocycles. The Labute approximate surface area is 136 Å². The molecule has 1 fully saturated rings. The van der Waals surface area contributed by atoms with Gasteiger partial charge in [0.05, 0.1) is 10.7 Å². The first-order valence-electron chi connectivity index (χ1n) is 7.38. The van der Waals surface area contributed by atoms with Gasteiger partial charge in [0.1, 0.15) is 5.25 Å². The third-order valence-corrected chi connectivity index (χ3v) is 6.25. The fourth-order valence-corrected chi connectivity index (χ4v) is 3.62. The number of nitrogens with zero attached hydrogens (tertiary/aromatic N) is 3. The van der Waals surface area contributed by atoms with Crippen molar-refractivity contribution in [2.24, 2.45) is 0 Å². The van der Waals surface area contributed by atoms with Gasteiger partial charge in [0, 0.05) is 44.4 Å². The van der Waals surface area contributed by atoms with Crippen molar-refractivity contribution >= 4 is 27.1 Å². The molecule has 0 radical (unpaired) electrons. The maximum Gasteiger partial charge on any atom is 0.240 e. The highest BCUT2D eigenvalue weighted by Crippen LogP contribution is 2.13. The highest BCUT2D eigenvalue weighted by molar-refractivity contribution is 7.92. The van der Waals surface area contributed by atoms with E-state index in [2.05, 4.69) is 15.3 Å². The number of thiazole rings is 1. The lowest BCUT2D eigenvalue weighted by Gasteiger charge is -2.23. The molecule has 1 aliphatic heterocycles. The molecule has 1 aliphatic rings. The molecule has 0 saturated carbocycles. The molecule has 0 aromatic carbocycles. The molecule has 1 aromatic rings. The SMILES string of the molecule is Cc1nc(CN2CCCN(C(=O)C(C)S(C)(=O)=O)CC2)cs1. The van der Waals surface area contributed by atoms with Gasteiger partial charge in [0.2, 0.25) is 5.91 Å². The summed E-state index contributed by atoms with van der Waals surface area (Å²) >= 11 is 1.64. The average molecular weight is 345 g/mol. The van der Waals surface area contributed by atoms with E-state index in [9.17, 15) is 13.2 Å². The Morgan fingerprint density at radius 1 is 1.36 bits per heavy atom. The summed E-state index contributed by atoms with van der Waals surface area (Å²) in [6, 6.07) is 0. The molecule has 2 rings (SSSR count). The lowest BCUT2D eigenvalue weighted by molar-refractivity contribution is -0.130. The predicted octanol–water partition coefficient (Wildman–Crippen LogP) is 0.919. The van der Waals surface area contributed by atoms with Gasteiger partial charge in [-0.2, -0.15) is 0 Å². The molecule has 0 spiro atoms. The van der Waals surface area contributed by atoms with Crippen molar-refractivity contribution in [1.82, 2.24) is 14.8 Å². The fourth-order valence-electron chi connectivity index (χ4n) is 2.50. The van der Waals surface area contributed by atoms with Crippen LogP contribution in [-0.2, 0) is 21.2 Å². The molecule has 1 amide bonds. The van der Waals surface area contributed by atoms with Crippen LogP contribution in [0.5, 0.6) is 0 Å². The third kappa shape index (κ3) is 4.50. The molecule has 1 saturated heterocycles. The second-order valence-corrected chi connectivity index (χ2v) is 9.21. The van der Waals surface area contributed by atoms with E-state index in [1.54, 1.807) is 16.2 Å². The summed E-state index contributed by atoms with van der Waals surface area (Å²) in [5.74, 6) is -0.283. The second-order valence-electron chi connectivity index (χ2n) is 5.78. The van der Waals surface area contributed by atoms with Crippen LogP contribution in [0.2, 0.25) is 0 Å². The smallest absolute Gasteiger partial charge is 0.240 e. The van der Waals surface area contributed by atoms with Crippen LogP contribution in [-0.4, -0.2) is 66.8 Å². The van der Waals surface area contributed by atoms with Gasteiger partial charge < -0.3 is 4.90 Å². The maximum absolute atomic E-state index is 12.3. The molecule has 1 aromatic heterocycles. The molecule has 124 valence electrons. The van der Waals surface area contributed by atoms with Crippen LogP contribution in [0.25, 0.3) is 0 Å². The van der Waals surface area contributed by atoms with Crippen LogP contribution in [0.1, 0.15) is 24.0 Å². The quantitative estimate of drug-likeness (QED) is 0.811. The zero-order chi connectivity index (χ0) is 16.3. The average Bonchev–Trinajstić information content (AvgIpc) is 2.71. The summed E-state index contributed by atoms with van der Waals surface area (Å²) in [4.78, 5) is 20.7. The van der Waals surface area contributed by atoms with Crippen molar-refractivity contribution in [1.29, 1.82) is 0 Å². The standard InChI is InChI=1S/C14H23N3O3S2/c1-11(22(3,19)20)14(18)17-6-4-5-16(7-8-17)9-13-10-21-12(2)15-13/h10-11H,4-9H2,1-3H3. The van der Waals surface area contributed by atoms with Crippen molar-refractivity contribution in [3.05, 3.63) is 16.1 Å². The Morgan fingerprint density at radius 3 is 2.68 bits per heavy atom. The number of carbonyl (C=O) groups excluding carboxylic acids is 1. The minimum Gasteiger partial charge on any atom is -0.340 e. The topological polar surface area (TPSA) is 70.6 Å². The van der Waals surface area contributed by atoms with E-state index in [1.807, 2.05) is 6.92 Å². The molecular weight excluding hydrogens is 322 g/mol. The Bertz CT molecular complexity index is 627. The minimum atomic E-state index is -3.34. The number of sulfone groups is 1. The first kappa shape index (κ1) is 17.4. The van der Waals surface area contributed by atoms with Crippen LogP contribution in [0.3, 0.4) is 0 Å². The summed E-state index contributed by atoms with van der Waals surface area (Å²) < 4.78 is 23.1. The van der Waals surface area contributed by atoms with Crippen LogP contribution in [0.4, 0.5) is 0 Å². The number of aromatic nitrogens is 1. The van der Waals surface area contributed by atoms with E-state index in [0.717, 1.165) is 43.0 Å². The van der Waals surface area contributed by atoms with Gasteiger partial charge in [0.25, 0.3) is 0 Å². The normalized spacial score (nSPS) is 19.0. The lowest BCUT2D eigenvalue weighted by Crippen LogP contribution is -2.43. The highest BCUT2D eigenvalue weighted by Gasteiger charge is 2.29. The first-order valence-corrected chi connectivity index (χ1v) is 10.2. The highest BCUT2D eigenvalue weighted by atomic mass is 32.2. The maximum atomic E-state index is 12.3. The molecular formula is C14H23N3O3S2. The van der Waals surface area contributed by atoms with Crippen molar-refractivity contribution in [2.45, 2.75) is 32.1 Å². The van der Waals surface area contributed by atoms with Gasteiger partial charge in [-0.15, -0.1) is 11.3 Å². The van der Waals surface area contributed by atoms with Gasteiger partial charge in [0.15, 0.2) is 9.84 Å². The predicted molar refractivity (Wildman–Crippen MR) is 87.6 cm³/mol. The number of rotatable bonds is 4. The van der Waals surface area contributed by atoms with E-state index in [0.29, 0.717) is 13.1 Å². The van der Waals surface area contributed by atoms with Crippen LogP contribution >= 0.6 is 11.3 Å².